The number of hydrogen-bond donors (Lipinski definition) is 2. The van der Waals surface area contributed by atoms with Crippen molar-refractivity contribution in [1.82, 2.24) is 0 Å². The van der Waals surface area contributed by atoms with Crippen LogP contribution < -0.4 is 0 Å². The fourth-order valence-corrected chi connectivity index (χ4v) is 0.224. The highest BCUT2D eigenvalue weighted by Gasteiger charge is 2.39. The molecule has 0 radical (unpaired) electrons. The minimum absolute atomic E-state index is 2.92. The minimum Gasteiger partial charge on any atom is -0.283 e. The van der Waals surface area contributed by atoms with Crippen LogP contribution in [0.4, 0.5) is 0 Å². The van der Waals surface area contributed by atoms with E-state index in [2.05, 4.69) is 8.67 Å². The first-order valence-electron chi connectivity index (χ1n) is 0.865. The molecule has 0 bridgehead atoms. The fourth-order valence-electron chi connectivity index (χ4n) is 0.0248. The first kappa shape index (κ1) is 3.38. The van der Waals surface area contributed by atoms with Crippen LogP contribution in [0, 0.1) is 0 Å². The van der Waals surface area contributed by atoms with Gasteiger partial charge in [-0.05, 0) is 0 Å². The molecule has 0 spiro atoms. The van der Waals surface area contributed by atoms with E-state index in [0.29, 0.717) is 0 Å². The topological polar surface area (TPSA) is 65.5 Å². The van der Waals surface area contributed by atoms with E-state index in [1.54, 1.807) is 0 Å². The van der Waals surface area contributed by atoms with Crippen LogP contribution in [0.25, 0.3) is 0 Å². The van der Waals surface area contributed by atoms with Crippen LogP contribution in [0.3, 0.4) is 0 Å². The minimum atomic E-state index is -2.92. The Kier molecular flexibility index (Phi) is 0.430. The largest absolute Gasteiger partial charge is 0.283 e. The molecule has 1 saturated heterocycles. The lowest BCUT2D eigenvalue weighted by atomic mass is 15.0. The second-order valence-corrected chi connectivity index (χ2v) is 1.75. The third-order valence-electron chi connectivity index (χ3n) is 0.190. The Morgan fingerprint density at radius 2 is 1.40 bits per heavy atom. The smallest absolute Gasteiger partial charge is 0.278 e. The van der Waals surface area contributed by atoms with E-state index >= 15 is 0 Å². The highest BCUT2D eigenvalue weighted by molar-refractivity contribution is 8.19. The highest BCUT2D eigenvalue weighted by Crippen LogP contribution is 2.57. The van der Waals surface area contributed by atoms with Crippen molar-refractivity contribution >= 4 is 11.2 Å². The van der Waals surface area contributed by atoms with Crippen LogP contribution in [0.5, 0.6) is 0 Å². The zero-order chi connectivity index (χ0) is 3.91. The molecule has 0 saturated carbocycles. The van der Waals surface area contributed by atoms with Gasteiger partial charge in [-0.2, -0.15) is 0 Å². The van der Waals surface area contributed by atoms with Gasteiger partial charge in [0.1, 0.15) is 0 Å². The van der Waals surface area contributed by atoms with Gasteiger partial charge in [-0.15, -0.1) is 0 Å². The van der Waals surface area contributed by atoms with Gasteiger partial charge in [0, 0.05) is 0 Å². The van der Waals surface area contributed by atoms with Crippen molar-refractivity contribution in [2.45, 2.75) is 0 Å². The van der Waals surface area contributed by atoms with Crippen molar-refractivity contribution < 1.29 is 17.8 Å². The Morgan fingerprint density at radius 3 is 1.40 bits per heavy atom. The van der Waals surface area contributed by atoms with E-state index in [4.69, 9.17) is 9.11 Å². The molecule has 0 atom stereocenters. The van der Waals surface area contributed by atoms with Crippen LogP contribution in [0.15, 0.2) is 0 Å². The van der Waals surface area contributed by atoms with Crippen LogP contribution in [-0.4, -0.2) is 9.11 Å². The summed E-state index contributed by atoms with van der Waals surface area (Å²) in [6, 6.07) is 0. The molecule has 1 aliphatic rings. The summed E-state index contributed by atoms with van der Waals surface area (Å²) in [6.07, 6.45) is 0. The van der Waals surface area contributed by atoms with Crippen LogP contribution in [0.1, 0.15) is 0 Å². The normalized spacial score (nSPS) is 36.4. The van der Waals surface area contributed by atoms with E-state index in [-0.39, 0.29) is 0 Å². The summed E-state index contributed by atoms with van der Waals surface area (Å²) >= 11 is -2.92. The van der Waals surface area contributed by atoms with E-state index < -0.39 is 11.2 Å². The molecule has 0 aliphatic carbocycles. The molecule has 4 nitrogen and oxygen atoms in total. The molecule has 5 heavy (non-hydrogen) atoms. The van der Waals surface area contributed by atoms with Gasteiger partial charge in [0.15, 0.2) is 0 Å². The van der Waals surface area contributed by atoms with Gasteiger partial charge in [0.2, 0.25) is 0 Å². The summed E-state index contributed by atoms with van der Waals surface area (Å²) in [5.41, 5.74) is 0. The van der Waals surface area contributed by atoms with Crippen molar-refractivity contribution in [2.75, 3.05) is 0 Å². The van der Waals surface area contributed by atoms with Crippen molar-refractivity contribution in [2.24, 2.45) is 0 Å². The van der Waals surface area contributed by atoms with Gasteiger partial charge in [0.25, 0.3) is 11.2 Å². The maximum atomic E-state index is 7.83. The molecule has 1 aliphatic heterocycles. The number of rotatable bonds is 0. The van der Waals surface area contributed by atoms with E-state index in [9.17, 15) is 0 Å². The first-order chi connectivity index (χ1) is 2.21. The zero-order valence-electron chi connectivity index (χ0n) is 2.12. The Hall–Kier alpha value is 0.190. The molecule has 0 amide bonds. The Balaban J connectivity index is 2.38. The Bertz CT molecular complexity index is 41.6. The summed E-state index contributed by atoms with van der Waals surface area (Å²) < 4.78 is 22.8. The molecule has 32 valence electrons. The van der Waals surface area contributed by atoms with Gasteiger partial charge >= 0.3 is 0 Å². The van der Waals surface area contributed by atoms with Gasteiger partial charge in [-0.3, -0.25) is 9.11 Å². The molecule has 1 heterocycles. The summed E-state index contributed by atoms with van der Waals surface area (Å²) in [6.45, 7) is 0. The standard InChI is InChI=1S/H2O4S/c1-5(2)3-4-5/h1-2H. The van der Waals surface area contributed by atoms with Gasteiger partial charge in [-0.1, -0.05) is 8.67 Å². The zero-order valence-corrected chi connectivity index (χ0v) is 2.94. The molecule has 0 unspecified atom stereocenters. The molecule has 5 heteroatoms. The van der Waals surface area contributed by atoms with E-state index in [0.717, 1.165) is 0 Å². The maximum absolute atomic E-state index is 7.83. The van der Waals surface area contributed by atoms with Crippen molar-refractivity contribution in [3.63, 3.8) is 0 Å². The van der Waals surface area contributed by atoms with Gasteiger partial charge in [-0.25, -0.2) is 0 Å². The molecule has 2 N–H and O–H groups in total. The Labute approximate surface area is 30.0 Å². The second kappa shape index (κ2) is 0.636. The lowest BCUT2D eigenvalue weighted by Crippen LogP contribution is -1.63. The average Bonchev–Trinajstić information content (AvgIpc) is 1.76. The summed E-state index contributed by atoms with van der Waals surface area (Å²) in [7, 11) is 0. The molecule has 1 rings (SSSR count). The lowest BCUT2D eigenvalue weighted by molar-refractivity contribution is 0.0850. The first-order valence-corrected chi connectivity index (χ1v) is 2.26. The lowest BCUT2D eigenvalue weighted by Gasteiger charge is -1.79. The van der Waals surface area contributed by atoms with E-state index in [1.165, 1.54) is 0 Å². The third-order valence-corrected chi connectivity index (χ3v) is 0.569. The summed E-state index contributed by atoms with van der Waals surface area (Å²) in [5, 5.41) is 0. The second-order valence-electron chi connectivity index (χ2n) is 0.584. The molecule has 0 aromatic heterocycles. The molecule has 0 aromatic rings. The van der Waals surface area contributed by atoms with Crippen molar-refractivity contribution in [3.05, 3.63) is 0 Å². The van der Waals surface area contributed by atoms with Crippen LogP contribution in [-0.2, 0) is 8.67 Å². The highest BCUT2D eigenvalue weighted by atomic mass is 32.3. The van der Waals surface area contributed by atoms with Crippen LogP contribution >= 0.6 is 11.2 Å². The molecular formula is H2O4S. The fraction of sp³-hybridized carbons (Fsp3) is 0. The van der Waals surface area contributed by atoms with Gasteiger partial charge < -0.3 is 0 Å². The predicted octanol–water partition coefficient (Wildman–Crippen LogP) is 0.529. The van der Waals surface area contributed by atoms with E-state index in [1.807, 2.05) is 0 Å². The van der Waals surface area contributed by atoms with Crippen LogP contribution in [0.2, 0.25) is 0 Å². The molecule has 1 fully saturated rings. The van der Waals surface area contributed by atoms with Crippen molar-refractivity contribution in [1.29, 1.82) is 0 Å². The monoisotopic (exact) mass is 98.0 g/mol. The Morgan fingerprint density at radius 1 is 1.20 bits per heavy atom. The summed E-state index contributed by atoms with van der Waals surface area (Å²) in [5.74, 6) is 0. The SMILES string of the molecule is OS1(O)OO1. The van der Waals surface area contributed by atoms with Gasteiger partial charge in [0.05, 0.1) is 0 Å². The predicted molar refractivity (Wildman–Crippen MR) is 15.0 cm³/mol. The number of hydrogen-bond acceptors (Lipinski definition) is 4. The van der Waals surface area contributed by atoms with Crippen molar-refractivity contribution in [3.8, 4) is 0 Å². The third kappa shape index (κ3) is 0.746. The quantitative estimate of drug-likeness (QED) is 0.342. The summed E-state index contributed by atoms with van der Waals surface area (Å²) in [4.78, 5) is 0. The maximum Gasteiger partial charge on any atom is 0.278 e. The average molecular weight is 98.1 g/mol. The molecular weight excluding hydrogens is 96.1 g/mol. The molecule has 0 aromatic carbocycles.